The molecular weight excluding hydrogens is 344 g/mol. The quantitative estimate of drug-likeness (QED) is 0.282. The van der Waals surface area contributed by atoms with Gasteiger partial charge < -0.3 is 0 Å². The molecule has 0 spiro atoms. The number of fused-ring (bicyclic) bond motifs is 3. The molecule has 0 radical (unpaired) electrons. The first-order chi connectivity index (χ1) is 13.7. The van der Waals surface area contributed by atoms with Crippen LogP contribution in [0.3, 0.4) is 0 Å². The first-order valence-electron chi connectivity index (χ1n) is 10.0. The minimum atomic E-state index is 0.0690. The molecule has 0 saturated carbocycles. The summed E-state index contributed by atoms with van der Waals surface area (Å²) in [6.07, 6.45) is 5.41. The molecule has 0 N–H and O–H groups in total. The Kier molecular flexibility index (Phi) is 6.07. The van der Waals surface area contributed by atoms with Crippen molar-refractivity contribution in [1.29, 1.82) is 10.5 Å². The van der Waals surface area contributed by atoms with Crippen molar-refractivity contribution in [3.63, 3.8) is 0 Å². The summed E-state index contributed by atoms with van der Waals surface area (Å²) in [7, 11) is 0. The number of nitrogens with zero attached hydrogens (tertiary/aromatic N) is 2. The Bertz CT molecular complexity index is 1020. The van der Waals surface area contributed by atoms with Gasteiger partial charge in [-0.05, 0) is 35.1 Å². The summed E-state index contributed by atoms with van der Waals surface area (Å²) >= 11 is 0. The lowest BCUT2D eigenvalue weighted by atomic mass is 9.87. The molecule has 140 valence electrons. The summed E-state index contributed by atoms with van der Waals surface area (Å²) in [5.74, 6) is 0.116. The van der Waals surface area contributed by atoms with Gasteiger partial charge in [-0.15, -0.1) is 0 Å². The van der Waals surface area contributed by atoms with Crippen LogP contribution >= 0.6 is 0 Å². The van der Waals surface area contributed by atoms with Gasteiger partial charge in [-0.3, -0.25) is 4.79 Å². The molecule has 0 heterocycles. The van der Waals surface area contributed by atoms with Gasteiger partial charge in [0.15, 0.2) is 5.78 Å². The maximum atomic E-state index is 13.3. The van der Waals surface area contributed by atoms with E-state index in [1.807, 2.05) is 55.5 Å². The molecule has 2 aromatic rings. The van der Waals surface area contributed by atoms with E-state index in [1.54, 1.807) is 0 Å². The van der Waals surface area contributed by atoms with E-state index in [-0.39, 0.29) is 11.4 Å². The van der Waals surface area contributed by atoms with Crippen LogP contribution in [-0.4, -0.2) is 5.78 Å². The number of rotatable bonds is 7. The van der Waals surface area contributed by atoms with Crippen molar-refractivity contribution in [1.82, 2.24) is 0 Å². The van der Waals surface area contributed by atoms with Crippen LogP contribution in [-0.2, 0) is 6.42 Å². The fourth-order valence-corrected chi connectivity index (χ4v) is 4.05. The fraction of sp³-hybridized carbons (Fsp3) is 0.320. The van der Waals surface area contributed by atoms with E-state index in [2.05, 4.69) is 6.92 Å². The van der Waals surface area contributed by atoms with E-state index in [0.717, 1.165) is 59.9 Å². The van der Waals surface area contributed by atoms with Gasteiger partial charge in [-0.1, -0.05) is 69.5 Å². The molecule has 0 bridgehead atoms. The molecule has 28 heavy (non-hydrogen) atoms. The predicted molar refractivity (Wildman–Crippen MR) is 112 cm³/mol. The average molecular weight is 368 g/mol. The van der Waals surface area contributed by atoms with Crippen molar-refractivity contribution < 1.29 is 4.79 Å². The van der Waals surface area contributed by atoms with E-state index >= 15 is 0 Å². The first kappa shape index (κ1) is 19.6. The number of ketones is 1. The van der Waals surface area contributed by atoms with Gasteiger partial charge in [0.25, 0.3) is 0 Å². The van der Waals surface area contributed by atoms with Crippen LogP contribution in [0.4, 0.5) is 0 Å². The van der Waals surface area contributed by atoms with E-state index in [9.17, 15) is 15.3 Å². The Labute approximate surface area is 166 Å². The Balaban J connectivity index is 2.22. The Morgan fingerprint density at radius 3 is 2.25 bits per heavy atom. The molecule has 2 aromatic carbocycles. The number of carbonyl (C=O) groups excluding carboxylic acids is 1. The summed E-state index contributed by atoms with van der Waals surface area (Å²) in [4.78, 5) is 13.3. The number of Topliss-reactive ketones (excluding diaryl/α,β-unsaturated/α-hetero) is 1. The third kappa shape index (κ3) is 3.37. The molecule has 1 aliphatic rings. The predicted octanol–water partition coefficient (Wildman–Crippen LogP) is 6.23. The van der Waals surface area contributed by atoms with Crippen LogP contribution in [0.5, 0.6) is 0 Å². The number of benzene rings is 2. The Morgan fingerprint density at radius 2 is 1.61 bits per heavy atom. The highest BCUT2D eigenvalue weighted by atomic mass is 16.1. The van der Waals surface area contributed by atoms with Crippen molar-refractivity contribution in [2.24, 2.45) is 0 Å². The van der Waals surface area contributed by atoms with Crippen LogP contribution in [0.2, 0.25) is 0 Å². The topological polar surface area (TPSA) is 64.7 Å². The van der Waals surface area contributed by atoms with Gasteiger partial charge in [0.2, 0.25) is 0 Å². The number of aryl methyl sites for hydroxylation is 1. The maximum absolute atomic E-state index is 13.3. The second kappa shape index (κ2) is 8.68. The van der Waals surface area contributed by atoms with Crippen molar-refractivity contribution >= 4 is 11.4 Å². The minimum Gasteiger partial charge on any atom is -0.294 e. The standard InChI is InChI=1S/C25H24N2O/c1-3-5-6-7-12-22(28)24-17(4-2)13-14-21-19-10-8-9-11-20(19)23(25(21)24)18(15-26)16-27/h8-11,13-14H,3-7,12H2,1-2H3. The van der Waals surface area contributed by atoms with Gasteiger partial charge in [0.1, 0.15) is 17.7 Å². The van der Waals surface area contributed by atoms with Crippen LogP contribution in [0.15, 0.2) is 42.0 Å². The number of unbranched alkanes of at least 4 members (excludes halogenated alkanes) is 3. The lowest BCUT2D eigenvalue weighted by molar-refractivity contribution is 0.0978. The second-order valence-electron chi connectivity index (χ2n) is 7.13. The van der Waals surface area contributed by atoms with E-state index < -0.39 is 0 Å². The van der Waals surface area contributed by atoms with Crippen LogP contribution in [0.25, 0.3) is 16.7 Å². The first-order valence-corrected chi connectivity index (χ1v) is 10.0. The number of carbonyl (C=O) groups is 1. The summed E-state index contributed by atoms with van der Waals surface area (Å²) < 4.78 is 0. The molecule has 3 heteroatoms. The van der Waals surface area contributed by atoms with Crippen molar-refractivity contribution in [2.45, 2.75) is 52.4 Å². The highest BCUT2D eigenvalue weighted by Gasteiger charge is 2.31. The van der Waals surface area contributed by atoms with E-state index in [0.29, 0.717) is 17.6 Å². The molecule has 1 aliphatic carbocycles. The van der Waals surface area contributed by atoms with Crippen molar-refractivity contribution in [2.75, 3.05) is 0 Å². The SMILES string of the molecule is CCCCCCC(=O)c1c(CC)ccc2c1C(=C(C#N)C#N)c1ccccc1-2. The average Bonchev–Trinajstić information content (AvgIpc) is 3.06. The highest BCUT2D eigenvalue weighted by Crippen LogP contribution is 2.48. The van der Waals surface area contributed by atoms with E-state index in [4.69, 9.17) is 0 Å². The lowest BCUT2D eigenvalue weighted by Gasteiger charge is -2.14. The highest BCUT2D eigenvalue weighted by molar-refractivity contribution is 6.12. The Hall–Kier alpha value is -3.17. The van der Waals surface area contributed by atoms with Gasteiger partial charge >= 0.3 is 0 Å². The molecule has 0 unspecified atom stereocenters. The molecule has 0 saturated heterocycles. The summed E-state index contributed by atoms with van der Waals surface area (Å²) in [6.45, 7) is 4.19. The summed E-state index contributed by atoms with van der Waals surface area (Å²) in [5.41, 5.74) is 5.94. The van der Waals surface area contributed by atoms with Gasteiger partial charge in [-0.25, -0.2) is 0 Å². The molecule has 3 nitrogen and oxygen atoms in total. The summed E-state index contributed by atoms with van der Waals surface area (Å²) in [5, 5.41) is 19.2. The lowest BCUT2D eigenvalue weighted by Crippen LogP contribution is -2.08. The van der Waals surface area contributed by atoms with Crippen LogP contribution in [0, 0.1) is 22.7 Å². The zero-order valence-electron chi connectivity index (χ0n) is 16.5. The zero-order valence-corrected chi connectivity index (χ0v) is 16.5. The van der Waals surface area contributed by atoms with Crippen LogP contribution < -0.4 is 0 Å². The summed E-state index contributed by atoms with van der Waals surface area (Å²) in [6, 6.07) is 15.9. The molecule has 0 fully saturated rings. The number of allylic oxidation sites excluding steroid dienone is 1. The molecule has 0 aromatic heterocycles. The van der Waals surface area contributed by atoms with Gasteiger partial charge in [0.05, 0.1) is 0 Å². The monoisotopic (exact) mass is 368 g/mol. The normalized spacial score (nSPS) is 11.4. The second-order valence-corrected chi connectivity index (χ2v) is 7.13. The third-order valence-corrected chi connectivity index (χ3v) is 5.42. The molecular formula is C25H24N2O. The number of hydrogen-bond donors (Lipinski definition) is 0. The van der Waals surface area contributed by atoms with Crippen molar-refractivity contribution in [3.8, 4) is 23.3 Å². The Morgan fingerprint density at radius 1 is 0.893 bits per heavy atom. The van der Waals surface area contributed by atoms with E-state index in [1.165, 1.54) is 0 Å². The smallest absolute Gasteiger partial charge is 0.163 e. The molecule has 0 aliphatic heterocycles. The largest absolute Gasteiger partial charge is 0.294 e. The van der Waals surface area contributed by atoms with Crippen LogP contribution in [0.1, 0.15) is 73.0 Å². The third-order valence-electron chi connectivity index (χ3n) is 5.42. The molecule has 3 rings (SSSR count). The van der Waals surface area contributed by atoms with Gasteiger partial charge in [-0.2, -0.15) is 10.5 Å². The van der Waals surface area contributed by atoms with Gasteiger partial charge in [0, 0.05) is 23.1 Å². The fourth-order valence-electron chi connectivity index (χ4n) is 4.05. The maximum Gasteiger partial charge on any atom is 0.163 e. The minimum absolute atomic E-state index is 0.0690. The zero-order chi connectivity index (χ0) is 20.1. The molecule has 0 atom stereocenters. The molecule has 0 amide bonds. The number of nitriles is 2. The van der Waals surface area contributed by atoms with Crippen molar-refractivity contribution in [3.05, 3.63) is 64.2 Å². The number of hydrogen-bond acceptors (Lipinski definition) is 3.